The molecule has 0 aliphatic rings. The van der Waals surface area contributed by atoms with Gasteiger partial charge in [0.05, 0.1) is 18.2 Å². The van der Waals surface area contributed by atoms with Crippen molar-refractivity contribution in [3.63, 3.8) is 0 Å². The number of rotatable bonds is 6. The van der Waals surface area contributed by atoms with Gasteiger partial charge in [-0.15, -0.1) is 0 Å². The Kier molecular flexibility index (Phi) is 5.68. The van der Waals surface area contributed by atoms with Crippen molar-refractivity contribution in [2.45, 2.75) is 6.92 Å². The van der Waals surface area contributed by atoms with Crippen LogP contribution in [0, 0.1) is 18.3 Å². The zero-order valence-electron chi connectivity index (χ0n) is 10.5. The van der Waals surface area contributed by atoms with Gasteiger partial charge in [0.25, 0.3) is 5.91 Å². The van der Waals surface area contributed by atoms with E-state index < -0.39 is 0 Å². The third-order valence-electron chi connectivity index (χ3n) is 2.30. The van der Waals surface area contributed by atoms with Gasteiger partial charge in [0, 0.05) is 13.7 Å². The van der Waals surface area contributed by atoms with Gasteiger partial charge in [0.15, 0.2) is 6.61 Å². The number of hydrogen-bond donors (Lipinski definition) is 1. The molecule has 0 bridgehead atoms. The lowest BCUT2D eigenvalue weighted by Crippen LogP contribution is -2.31. The van der Waals surface area contributed by atoms with E-state index in [2.05, 4.69) is 5.32 Å². The average molecular weight is 248 g/mol. The molecule has 0 saturated heterocycles. The molecule has 1 rings (SSSR count). The number of nitrogens with zero attached hydrogens (tertiary/aromatic N) is 1. The lowest BCUT2D eigenvalue weighted by molar-refractivity contribution is -0.123. The highest BCUT2D eigenvalue weighted by Gasteiger charge is 2.05. The Morgan fingerprint density at radius 2 is 2.28 bits per heavy atom. The molecule has 96 valence electrons. The van der Waals surface area contributed by atoms with Crippen molar-refractivity contribution < 1.29 is 14.3 Å². The van der Waals surface area contributed by atoms with Gasteiger partial charge in [-0.1, -0.05) is 6.07 Å². The van der Waals surface area contributed by atoms with Crippen molar-refractivity contribution in [1.82, 2.24) is 5.32 Å². The van der Waals surface area contributed by atoms with Crippen LogP contribution < -0.4 is 10.1 Å². The van der Waals surface area contributed by atoms with Gasteiger partial charge >= 0.3 is 0 Å². The number of aryl methyl sites for hydroxylation is 1. The zero-order chi connectivity index (χ0) is 13.4. The Bertz CT molecular complexity index is 452. The third-order valence-corrected chi connectivity index (χ3v) is 2.30. The molecule has 18 heavy (non-hydrogen) atoms. The topological polar surface area (TPSA) is 71.3 Å². The van der Waals surface area contributed by atoms with Crippen LogP contribution in [0.15, 0.2) is 18.2 Å². The van der Waals surface area contributed by atoms with Crippen molar-refractivity contribution in [1.29, 1.82) is 5.26 Å². The van der Waals surface area contributed by atoms with Crippen molar-refractivity contribution >= 4 is 5.91 Å². The van der Waals surface area contributed by atoms with E-state index in [1.165, 1.54) is 0 Å². The molecule has 0 radical (unpaired) electrons. The van der Waals surface area contributed by atoms with Gasteiger partial charge in [-0.25, -0.2) is 0 Å². The maximum absolute atomic E-state index is 11.4. The largest absolute Gasteiger partial charge is 0.483 e. The second kappa shape index (κ2) is 7.30. The monoisotopic (exact) mass is 248 g/mol. The highest BCUT2D eigenvalue weighted by molar-refractivity contribution is 5.77. The number of nitrogens with one attached hydrogen (secondary N) is 1. The first-order valence-electron chi connectivity index (χ1n) is 5.56. The molecule has 0 fully saturated rings. The van der Waals surface area contributed by atoms with E-state index in [9.17, 15) is 4.79 Å². The van der Waals surface area contributed by atoms with Gasteiger partial charge in [0.1, 0.15) is 5.75 Å². The van der Waals surface area contributed by atoms with E-state index >= 15 is 0 Å². The summed E-state index contributed by atoms with van der Waals surface area (Å²) in [7, 11) is 1.57. The van der Waals surface area contributed by atoms with Crippen LogP contribution in [0.2, 0.25) is 0 Å². The molecule has 0 heterocycles. The fraction of sp³-hybridized carbons (Fsp3) is 0.385. The Morgan fingerprint density at radius 1 is 1.50 bits per heavy atom. The van der Waals surface area contributed by atoms with Gasteiger partial charge < -0.3 is 14.8 Å². The van der Waals surface area contributed by atoms with Gasteiger partial charge in [-0.2, -0.15) is 5.26 Å². The summed E-state index contributed by atoms with van der Waals surface area (Å²) in [6.45, 7) is 2.71. The Labute approximate surface area is 106 Å². The molecular formula is C13H16N2O3. The summed E-state index contributed by atoms with van der Waals surface area (Å²) in [5.41, 5.74) is 1.40. The molecule has 0 aromatic heterocycles. The molecule has 1 N–H and O–H groups in total. The average Bonchev–Trinajstić information content (AvgIpc) is 2.38. The highest BCUT2D eigenvalue weighted by Crippen LogP contribution is 2.18. The minimum Gasteiger partial charge on any atom is -0.483 e. The normalized spacial score (nSPS) is 9.61. The number of amides is 1. The Hall–Kier alpha value is -2.06. The van der Waals surface area contributed by atoms with Crippen LogP contribution in [-0.4, -0.2) is 32.8 Å². The Balaban J connectivity index is 2.48. The molecule has 1 amide bonds. The maximum atomic E-state index is 11.4. The van der Waals surface area contributed by atoms with Crippen molar-refractivity contribution in [2.24, 2.45) is 0 Å². The maximum Gasteiger partial charge on any atom is 0.258 e. The number of carbonyl (C=O) groups excluding carboxylic acids is 1. The minimum atomic E-state index is -0.214. The van der Waals surface area contributed by atoms with E-state index in [1.54, 1.807) is 25.3 Å². The van der Waals surface area contributed by atoms with Crippen LogP contribution in [0.25, 0.3) is 0 Å². The predicted molar refractivity (Wildman–Crippen MR) is 66.3 cm³/mol. The molecule has 0 saturated carbocycles. The number of nitriles is 1. The molecule has 1 aromatic rings. The summed E-state index contributed by atoms with van der Waals surface area (Å²) >= 11 is 0. The molecule has 0 spiro atoms. The predicted octanol–water partition coefficient (Wildman–Crippen LogP) is 1.01. The van der Waals surface area contributed by atoms with Gasteiger partial charge in [-0.05, 0) is 24.6 Å². The fourth-order valence-corrected chi connectivity index (χ4v) is 1.31. The van der Waals surface area contributed by atoms with Crippen LogP contribution in [0.5, 0.6) is 5.75 Å². The summed E-state index contributed by atoms with van der Waals surface area (Å²) in [6.07, 6.45) is 0. The first-order valence-corrected chi connectivity index (χ1v) is 5.56. The van der Waals surface area contributed by atoms with E-state index in [-0.39, 0.29) is 12.5 Å². The fourth-order valence-electron chi connectivity index (χ4n) is 1.31. The number of ether oxygens (including phenoxy) is 2. The summed E-state index contributed by atoms with van der Waals surface area (Å²) < 4.78 is 10.2. The standard InChI is InChI=1S/C13H16N2O3/c1-10-3-4-11(8-14)7-12(10)18-9-13(16)15-5-6-17-2/h3-4,7H,5-6,9H2,1-2H3,(H,15,16). The van der Waals surface area contributed by atoms with Gasteiger partial charge in [-0.3, -0.25) is 4.79 Å². The molecule has 5 heteroatoms. The summed E-state index contributed by atoms with van der Waals surface area (Å²) in [5.74, 6) is 0.338. The first-order chi connectivity index (χ1) is 8.67. The van der Waals surface area contributed by atoms with Crippen LogP contribution in [0.1, 0.15) is 11.1 Å². The second-order valence-electron chi connectivity index (χ2n) is 3.72. The first kappa shape index (κ1) is 14.0. The lowest BCUT2D eigenvalue weighted by Gasteiger charge is -2.09. The summed E-state index contributed by atoms with van der Waals surface area (Å²) in [6, 6.07) is 7.15. The molecule has 0 aliphatic carbocycles. The highest BCUT2D eigenvalue weighted by atomic mass is 16.5. The van der Waals surface area contributed by atoms with Crippen molar-refractivity contribution in [2.75, 3.05) is 26.9 Å². The second-order valence-corrected chi connectivity index (χ2v) is 3.72. The molecule has 0 aliphatic heterocycles. The number of benzene rings is 1. The molecular weight excluding hydrogens is 232 g/mol. The smallest absolute Gasteiger partial charge is 0.258 e. The number of methoxy groups -OCH3 is 1. The molecule has 1 aromatic carbocycles. The van der Waals surface area contributed by atoms with Crippen LogP contribution in [0.3, 0.4) is 0 Å². The van der Waals surface area contributed by atoms with Crippen LogP contribution >= 0.6 is 0 Å². The van der Waals surface area contributed by atoms with E-state index in [1.807, 2.05) is 13.0 Å². The van der Waals surface area contributed by atoms with E-state index in [0.29, 0.717) is 24.5 Å². The molecule has 0 unspecified atom stereocenters. The summed E-state index contributed by atoms with van der Waals surface area (Å²) in [5, 5.41) is 11.4. The van der Waals surface area contributed by atoms with E-state index in [0.717, 1.165) is 5.56 Å². The van der Waals surface area contributed by atoms with Crippen molar-refractivity contribution in [3.8, 4) is 11.8 Å². The SMILES string of the molecule is COCCNC(=O)COc1cc(C#N)ccc1C. The molecule has 0 atom stereocenters. The van der Waals surface area contributed by atoms with Gasteiger partial charge in [0.2, 0.25) is 0 Å². The van der Waals surface area contributed by atoms with Crippen LogP contribution in [0.4, 0.5) is 0 Å². The zero-order valence-corrected chi connectivity index (χ0v) is 10.5. The van der Waals surface area contributed by atoms with Crippen molar-refractivity contribution in [3.05, 3.63) is 29.3 Å². The summed E-state index contributed by atoms with van der Waals surface area (Å²) in [4.78, 5) is 11.4. The Morgan fingerprint density at radius 3 is 2.94 bits per heavy atom. The van der Waals surface area contributed by atoms with E-state index in [4.69, 9.17) is 14.7 Å². The molecule has 5 nitrogen and oxygen atoms in total. The number of hydrogen-bond acceptors (Lipinski definition) is 4. The third kappa shape index (κ3) is 4.44. The van der Waals surface area contributed by atoms with Crippen LogP contribution in [-0.2, 0) is 9.53 Å². The quantitative estimate of drug-likeness (QED) is 0.763. The number of carbonyl (C=O) groups is 1. The minimum absolute atomic E-state index is 0.0700. The lowest BCUT2D eigenvalue weighted by atomic mass is 10.1.